The highest BCUT2D eigenvalue weighted by Crippen LogP contribution is 2.16. The maximum atomic E-state index is 12.0. The fourth-order valence-electron chi connectivity index (χ4n) is 2.02. The van der Waals surface area contributed by atoms with Crippen LogP contribution in [0.2, 0.25) is 0 Å². The van der Waals surface area contributed by atoms with Crippen LogP contribution < -0.4 is 4.74 Å². The van der Waals surface area contributed by atoms with Crippen LogP contribution in [-0.2, 0) is 4.79 Å². The molecule has 1 N–H and O–H groups in total. The Morgan fingerprint density at radius 2 is 1.84 bits per heavy atom. The van der Waals surface area contributed by atoms with Gasteiger partial charge in [-0.25, -0.2) is 0 Å². The van der Waals surface area contributed by atoms with E-state index in [4.69, 9.17) is 9.84 Å². The van der Waals surface area contributed by atoms with E-state index in [1.54, 1.807) is 4.90 Å². The van der Waals surface area contributed by atoms with Gasteiger partial charge in [0.2, 0.25) is 0 Å². The average molecular weight is 265 g/mol. The molecular weight excluding hydrogens is 242 g/mol. The SMILES string of the molecule is Cc1cc(C)cc(OCC(=O)N(CCO)C(C)C)c1. The Morgan fingerprint density at radius 1 is 1.26 bits per heavy atom. The van der Waals surface area contributed by atoms with E-state index < -0.39 is 0 Å². The second-order valence-corrected chi connectivity index (χ2v) is 5.02. The number of ether oxygens (including phenoxy) is 1. The zero-order valence-corrected chi connectivity index (χ0v) is 12.1. The molecule has 0 heterocycles. The quantitative estimate of drug-likeness (QED) is 0.855. The first-order valence-corrected chi connectivity index (χ1v) is 6.55. The molecule has 0 spiro atoms. The highest BCUT2D eigenvalue weighted by molar-refractivity contribution is 5.78. The first-order chi connectivity index (χ1) is 8.93. The minimum absolute atomic E-state index is 0.00106. The molecule has 0 radical (unpaired) electrons. The lowest BCUT2D eigenvalue weighted by molar-refractivity contribution is -0.135. The van der Waals surface area contributed by atoms with Crippen LogP contribution in [0.5, 0.6) is 5.75 Å². The van der Waals surface area contributed by atoms with Crippen LogP contribution in [0.1, 0.15) is 25.0 Å². The van der Waals surface area contributed by atoms with Crippen molar-refractivity contribution in [1.29, 1.82) is 0 Å². The average Bonchev–Trinajstić information content (AvgIpc) is 2.31. The van der Waals surface area contributed by atoms with Gasteiger partial charge in [0.25, 0.3) is 5.91 Å². The smallest absolute Gasteiger partial charge is 0.260 e. The topological polar surface area (TPSA) is 49.8 Å². The van der Waals surface area contributed by atoms with Crippen LogP contribution in [0.15, 0.2) is 18.2 Å². The van der Waals surface area contributed by atoms with Gasteiger partial charge in [0.05, 0.1) is 6.61 Å². The summed E-state index contributed by atoms with van der Waals surface area (Å²) in [7, 11) is 0. The number of rotatable bonds is 6. The van der Waals surface area contributed by atoms with E-state index >= 15 is 0 Å². The summed E-state index contributed by atoms with van der Waals surface area (Å²) in [4.78, 5) is 13.6. The minimum atomic E-state index is -0.108. The van der Waals surface area contributed by atoms with Gasteiger partial charge in [0.15, 0.2) is 6.61 Å². The zero-order chi connectivity index (χ0) is 14.4. The first-order valence-electron chi connectivity index (χ1n) is 6.55. The van der Waals surface area contributed by atoms with Crippen molar-refractivity contribution in [3.63, 3.8) is 0 Å². The maximum Gasteiger partial charge on any atom is 0.260 e. The lowest BCUT2D eigenvalue weighted by Gasteiger charge is -2.25. The number of aliphatic hydroxyl groups is 1. The molecule has 4 heteroatoms. The van der Waals surface area contributed by atoms with Crippen LogP contribution in [-0.4, -0.2) is 41.7 Å². The van der Waals surface area contributed by atoms with Crippen molar-refractivity contribution in [2.24, 2.45) is 0 Å². The summed E-state index contributed by atoms with van der Waals surface area (Å²) in [6.07, 6.45) is 0. The van der Waals surface area contributed by atoms with Crippen molar-refractivity contribution in [3.8, 4) is 5.75 Å². The fraction of sp³-hybridized carbons (Fsp3) is 0.533. The maximum absolute atomic E-state index is 12.0. The van der Waals surface area contributed by atoms with E-state index in [0.717, 1.165) is 11.1 Å². The lowest BCUT2D eigenvalue weighted by atomic mass is 10.1. The summed E-state index contributed by atoms with van der Waals surface area (Å²) < 4.78 is 5.53. The molecule has 0 saturated heterocycles. The molecule has 106 valence electrons. The van der Waals surface area contributed by atoms with Crippen molar-refractivity contribution in [3.05, 3.63) is 29.3 Å². The van der Waals surface area contributed by atoms with Gasteiger partial charge in [-0.1, -0.05) is 6.07 Å². The number of carbonyl (C=O) groups excluding carboxylic acids is 1. The van der Waals surface area contributed by atoms with Crippen LogP contribution in [0.3, 0.4) is 0 Å². The summed E-state index contributed by atoms with van der Waals surface area (Å²) in [6, 6.07) is 5.93. The molecule has 0 atom stereocenters. The van der Waals surface area contributed by atoms with Crippen LogP contribution in [0.4, 0.5) is 0 Å². The molecule has 1 aromatic carbocycles. The summed E-state index contributed by atoms with van der Waals surface area (Å²) in [5, 5.41) is 8.96. The zero-order valence-electron chi connectivity index (χ0n) is 12.1. The van der Waals surface area contributed by atoms with Crippen molar-refractivity contribution in [2.45, 2.75) is 33.7 Å². The Morgan fingerprint density at radius 3 is 2.32 bits per heavy atom. The predicted molar refractivity (Wildman–Crippen MR) is 75.3 cm³/mol. The van der Waals surface area contributed by atoms with E-state index in [1.807, 2.05) is 39.8 Å². The van der Waals surface area contributed by atoms with Gasteiger partial charge < -0.3 is 14.7 Å². The highest BCUT2D eigenvalue weighted by atomic mass is 16.5. The molecule has 0 aromatic heterocycles. The van der Waals surface area contributed by atoms with Gasteiger partial charge in [0.1, 0.15) is 5.75 Å². The van der Waals surface area contributed by atoms with Crippen LogP contribution in [0.25, 0.3) is 0 Å². The summed E-state index contributed by atoms with van der Waals surface area (Å²) in [6.45, 7) is 8.14. The van der Waals surface area contributed by atoms with Gasteiger partial charge in [-0.05, 0) is 51.0 Å². The Balaban J connectivity index is 2.62. The van der Waals surface area contributed by atoms with Crippen molar-refractivity contribution < 1.29 is 14.6 Å². The number of hydrogen-bond donors (Lipinski definition) is 1. The number of aryl methyl sites for hydroxylation is 2. The highest BCUT2D eigenvalue weighted by Gasteiger charge is 2.16. The van der Waals surface area contributed by atoms with E-state index in [1.165, 1.54) is 0 Å². The molecule has 1 amide bonds. The molecule has 0 fully saturated rings. The molecule has 0 aliphatic heterocycles. The van der Waals surface area contributed by atoms with Gasteiger partial charge in [-0.2, -0.15) is 0 Å². The summed E-state index contributed by atoms with van der Waals surface area (Å²) in [5.74, 6) is 0.599. The third-order valence-electron chi connectivity index (χ3n) is 2.84. The molecule has 1 aromatic rings. The van der Waals surface area contributed by atoms with E-state index in [-0.39, 0.29) is 25.2 Å². The van der Waals surface area contributed by atoms with E-state index in [0.29, 0.717) is 12.3 Å². The summed E-state index contributed by atoms with van der Waals surface area (Å²) in [5.41, 5.74) is 2.22. The van der Waals surface area contributed by atoms with Crippen LogP contribution in [0, 0.1) is 13.8 Å². The van der Waals surface area contributed by atoms with E-state index in [2.05, 4.69) is 6.07 Å². The second kappa shape index (κ2) is 7.14. The monoisotopic (exact) mass is 265 g/mol. The minimum Gasteiger partial charge on any atom is -0.484 e. The number of aliphatic hydroxyl groups excluding tert-OH is 1. The van der Waals surface area contributed by atoms with E-state index in [9.17, 15) is 4.79 Å². The lowest BCUT2D eigenvalue weighted by Crippen LogP contribution is -2.41. The van der Waals surface area contributed by atoms with Crippen molar-refractivity contribution in [1.82, 2.24) is 4.90 Å². The molecule has 0 saturated carbocycles. The third kappa shape index (κ3) is 4.91. The number of carbonyl (C=O) groups is 1. The van der Waals surface area contributed by atoms with Gasteiger partial charge in [0, 0.05) is 12.6 Å². The second-order valence-electron chi connectivity index (χ2n) is 5.02. The largest absolute Gasteiger partial charge is 0.484 e. The number of benzene rings is 1. The number of hydrogen-bond acceptors (Lipinski definition) is 3. The fourth-order valence-corrected chi connectivity index (χ4v) is 2.02. The van der Waals surface area contributed by atoms with Crippen LogP contribution >= 0.6 is 0 Å². The Labute approximate surface area is 115 Å². The Kier molecular flexibility index (Phi) is 5.83. The molecule has 4 nitrogen and oxygen atoms in total. The third-order valence-corrected chi connectivity index (χ3v) is 2.84. The molecular formula is C15H23NO3. The molecule has 0 aliphatic carbocycles. The predicted octanol–water partition coefficient (Wildman–Crippen LogP) is 1.91. The number of amides is 1. The first kappa shape index (κ1) is 15.5. The Bertz CT molecular complexity index is 409. The molecule has 0 aliphatic rings. The summed E-state index contributed by atoms with van der Waals surface area (Å²) >= 11 is 0. The molecule has 19 heavy (non-hydrogen) atoms. The normalized spacial score (nSPS) is 10.6. The molecule has 1 rings (SSSR count). The van der Waals surface area contributed by atoms with Crippen molar-refractivity contribution in [2.75, 3.05) is 19.8 Å². The molecule has 0 bridgehead atoms. The number of nitrogens with zero attached hydrogens (tertiary/aromatic N) is 1. The molecule has 0 unspecified atom stereocenters. The van der Waals surface area contributed by atoms with Crippen molar-refractivity contribution >= 4 is 5.91 Å². The van der Waals surface area contributed by atoms with Gasteiger partial charge >= 0.3 is 0 Å². The van der Waals surface area contributed by atoms with Gasteiger partial charge in [-0.15, -0.1) is 0 Å². The Hall–Kier alpha value is -1.55. The van der Waals surface area contributed by atoms with Gasteiger partial charge in [-0.3, -0.25) is 4.79 Å². The standard InChI is InChI=1S/C15H23NO3/c1-11(2)16(5-6-17)15(18)10-19-14-8-12(3)7-13(4)9-14/h7-9,11,17H,5-6,10H2,1-4H3.